The number of halogens is 1. The molecule has 0 radical (unpaired) electrons. The lowest BCUT2D eigenvalue weighted by Crippen LogP contribution is -2.21. The van der Waals surface area contributed by atoms with E-state index in [9.17, 15) is 10.1 Å². The van der Waals surface area contributed by atoms with Crippen LogP contribution in [0.3, 0.4) is 0 Å². The van der Waals surface area contributed by atoms with Crippen molar-refractivity contribution in [2.75, 3.05) is 18.5 Å². The highest BCUT2D eigenvalue weighted by Gasteiger charge is 2.18. The Kier molecular flexibility index (Phi) is 5.15. The molecule has 1 heterocycles. The van der Waals surface area contributed by atoms with Crippen molar-refractivity contribution in [1.29, 1.82) is 0 Å². The van der Waals surface area contributed by atoms with E-state index in [0.717, 1.165) is 25.8 Å². The second-order valence-electron chi connectivity index (χ2n) is 3.86. The van der Waals surface area contributed by atoms with Crippen LogP contribution in [0.1, 0.15) is 26.2 Å². The fourth-order valence-electron chi connectivity index (χ4n) is 1.55. The lowest BCUT2D eigenvalue weighted by atomic mass is 10.2. The summed E-state index contributed by atoms with van der Waals surface area (Å²) in [5.41, 5.74) is -0.00611. The van der Waals surface area contributed by atoms with Gasteiger partial charge in [0, 0.05) is 19.7 Å². The van der Waals surface area contributed by atoms with Gasteiger partial charge < -0.3 is 4.90 Å². The van der Waals surface area contributed by atoms with Crippen molar-refractivity contribution in [3.05, 3.63) is 27.4 Å². The third-order valence-electron chi connectivity index (χ3n) is 2.48. The monoisotopic (exact) mass is 257 g/mol. The Balaban J connectivity index is 2.86. The predicted octanol–water partition coefficient (Wildman–Crippen LogP) is 3.27. The summed E-state index contributed by atoms with van der Waals surface area (Å²) in [5.74, 6) is 0.332. The van der Waals surface area contributed by atoms with Gasteiger partial charge in [-0.25, -0.2) is 4.98 Å². The zero-order valence-electron chi connectivity index (χ0n) is 10.0. The van der Waals surface area contributed by atoms with Crippen molar-refractivity contribution in [2.24, 2.45) is 0 Å². The summed E-state index contributed by atoms with van der Waals surface area (Å²) in [6, 6.07) is 2.82. The van der Waals surface area contributed by atoms with Crippen LogP contribution in [0.25, 0.3) is 0 Å². The van der Waals surface area contributed by atoms with Gasteiger partial charge in [-0.1, -0.05) is 31.4 Å². The molecule has 0 aliphatic rings. The van der Waals surface area contributed by atoms with Gasteiger partial charge in [0.1, 0.15) is 5.15 Å². The van der Waals surface area contributed by atoms with E-state index in [2.05, 4.69) is 11.9 Å². The lowest BCUT2D eigenvalue weighted by molar-refractivity contribution is -0.384. The van der Waals surface area contributed by atoms with E-state index >= 15 is 0 Å². The Morgan fingerprint density at radius 3 is 2.76 bits per heavy atom. The number of aromatic nitrogens is 1. The molecule has 0 unspecified atom stereocenters. The van der Waals surface area contributed by atoms with Crippen molar-refractivity contribution >= 4 is 23.1 Å². The Bertz CT molecular complexity index is 398. The van der Waals surface area contributed by atoms with E-state index < -0.39 is 4.92 Å². The third kappa shape index (κ3) is 3.85. The van der Waals surface area contributed by atoms with Crippen LogP contribution < -0.4 is 4.90 Å². The molecule has 0 bridgehead atoms. The number of rotatable bonds is 6. The van der Waals surface area contributed by atoms with Gasteiger partial charge >= 0.3 is 5.69 Å². The van der Waals surface area contributed by atoms with Crippen molar-refractivity contribution in [2.45, 2.75) is 26.2 Å². The number of hydrogen-bond donors (Lipinski definition) is 0. The summed E-state index contributed by atoms with van der Waals surface area (Å²) in [4.78, 5) is 16.2. The largest absolute Gasteiger partial charge is 0.354 e. The summed E-state index contributed by atoms with van der Waals surface area (Å²) in [5, 5.41) is 11.1. The topological polar surface area (TPSA) is 59.3 Å². The molecule has 0 aliphatic carbocycles. The minimum Gasteiger partial charge on any atom is -0.354 e. The van der Waals surface area contributed by atoms with Gasteiger partial charge in [-0.2, -0.15) is 0 Å². The molecule has 1 aromatic heterocycles. The predicted molar refractivity (Wildman–Crippen MR) is 68.7 cm³/mol. The SMILES string of the molecule is CCCCCN(C)c1nc(Cl)ccc1[N+](=O)[O-]. The van der Waals surface area contributed by atoms with Crippen LogP contribution in [0.5, 0.6) is 0 Å². The molecule has 6 heteroatoms. The second-order valence-corrected chi connectivity index (χ2v) is 4.25. The molecule has 0 saturated heterocycles. The Hall–Kier alpha value is -1.36. The lowest BCUT2D eigenvalue weighted by Gasteiger charge is -2.17. The second kappa shape index (κ2) is 6.39. The van der Waals surface area contributed by atoms with E-state index in [0.29, 0.717) is 5.82 Å². The molecule has 0 aliphatic heterocycles. The molecular weight excluding hydrogens is 242 g/mol. The van der Waals surface area contributed by atoms with Crippen LogP contribution in [0, 0.1) is 10.1 Å². The van der Waals surface area contributed by atoms with Gasteiger partial charge in [-0.15, -0.1) is 0 Å². The zero-order valence-corrected chi connectivity index (χ0v) is 10.8. The number of nitrogens with zero attached hydrogens (tertiary/aromatic N) is 3. The highest BCUT2D eigenvalue weighted by atomic mass is 35.5. The molecule has 0 spiro atoms. The summed E-state index contributed by atoms with van der Waals surface area (Å²) < 4.78 is 0. The number of hydrogen-bond acceptors (Lipinski definition) is 4. The first-order chi connectivity index (χ1) is 8.06. The molecule has 0 saturated carbocycles. The number of anilines is 1. The van der Waals surface area contributed by atoms with E-state index in [1.807, 2.05) is 0 Å². The average Bonchev–Trinajstić information content (AvgIpc) is 2.28. The minimum absolute atomic E-state index is 0.00611. The highest BCUT2D eigenvalue weighted by molar-refractivity contribution is 6.29. The molecule has 0 amide bonds. The summed E-state index contributed by atoms with van der Waals surface area (Å²) >= 11 is 5.77. The van der Waals surface area contributed by atoms with Crippen molar-refractivity contribution in [1.82, 2.24) is 4.98 Å². The fourth-order valence-corrected chi connectivity index (χ4v) is 1.69. The molecule has 0 N–H and O–H groups in total. The quantitative estimate of drug-likeness (QED) is 0.340. The maximum Gasteiger partial charge on any atom is 0.311 e. The van der Waals surface area contributed by atoms with Crippen LogP contribution in [0.4, 0.5) is 11.5 Å². The summed E-state index contributed by atoms with van der Waals surface area (Å²) in [6.07, 6.45) is 3.19. The van der Waals surface area contributed by atoms with Crippen molar-refractivity contribution < 1.29 is 4.92 Å². The Morgan fingerprint density at radius 2 is 2.18 bits per heavy atom. The molecule has 1 aromatic rings. The first-order valence-electron chi connectivity index (χ1n) is 5.58. The van der Waals surface area contributed by atoms with Gasteiger partial charge in [-0.3, -0.25) is 10.1 Å². The first-order valence-corrected chi connectivity index (χ1v) is 5.96. The van der Waals surface area contributed by atoms with Crippen molar-refractivity contribution in [3.63, 3.8) is 0 Å². The Labute approximate surface area is 106 Å². The average molecular weight is 258 g/mol. The van der Waals surface area contributed by atoms with E-state index in [1.165, 1.54) is 12.1 Å². The van der Waals surface area contributed by atoms with Crippen LogP contribution in [0.15, 0.2) is 12.1 Å². The smallest absolute Gasteiger partial charge is 0.311 e. The van der Waals surface area contributed by atoms with Crippen LogP contribution >= 0.6 is 11.6 Å². The maximum atomic E-state index is 10.9. The molecule has 94 valence electrons. The van der Waals surface area contributed by atoms with Gasteiger partial charge in [0.25, 0.3) is 0 Å². The van der Waals surface area contributed by atoms with E-state index in [-0.39, 0.29) is 10.8 Å². The van der Waals surface area contributed by atoms with Gasteiger partial charge in [0.2, 0.25) is 5.82 Å². The number of nitro groups is 1. The van der Waals surface area contributed by atoms with Gasteiger partial charge in [-0.05, 0) is 12.5 Å². The minimum atomic E-state index is -0.436. The molecule has 5 nitrogen and oxygen atoms in total. The van der Waals surface area contributed by atoms with Crippen LogP contribution in [0.2, 0.25) is 5.15 Å². The first kappa shape index (κ1) is 13.7. The van der Waals surface area contributed by atoms with Crippen molar-refractivity contribution in [3.8, 4) is 0 Å². The summed E-state index contributed by atoms with van der Waals surface area (Å²) in [6.45, 7) is 2.85. The third-order valence-corrected chi connectivity index (χ3v) is 2.69. The van der Waals surface area contributed by atoms with Crippen LogP contribution in [-0.2, 0) is 0 Å². The van der Waals surface area contributed by atoms with E-state index in [1.54, 1.807) is 11.9 Å². The molecule has 1 rings (SSSR count). The molecule has 0 atom stereocenters. The number of unbranched alkanes of at least 4 members (excludes halogenated alkanes) is 2. The molecule has 0 fully saturated rings. The maximum absolute atomic E-state index is 10.9. The highest BCUT2D eigenvalue weighted by Crippen LogP contribution is 2.26. The standard InChI is InChI=1S/C11H16ClN3O2/c1-3-4-5-8-14(2)11-9(15(16)17)6-7-10(12)13-11/h6-7H,3-5,8H2,1-2H3. The summed E-state index contributed by atoms with van der Waals surface area (Å²) in [7, 11) is 1.79. The molecular formula is C11H16ClN3O2. The molecule has 0 aromatic carbocycles. The molecule has 17 heavy (non-hydrogen) atoms. The van der Waals surface area contributed by atoms with Gasteiger partial charge in [0.05, 0.1) is 4.92 Å². The fraction of sp³-hybridized carbons (Fsp3) is 0.545. The van der Waals surface area contributed by atoms with E-state index in [4.69, 9.17) is 11.6 Å². The zero-order chi connectivity index (χ0) is 12.8. The Morgan fingerprint density at radius 1 is 1.47 bits per heavy atom. The van der Waals surface area contributed by atoms with Crippen LogP contribution in [-0.4, -0.2) is 23.5 Å². The number of pyridine rings is 1. The normalized spacial score (nSPS) is 10.3. The van der Waals surface area contributed by atoms with Gasteiger partial charge in [0.15, 0.2) is 0 Å².